The van der Waals surface area contributed by atoms with Gasteiger partial charge < -0.3 is 5.11 Å². The molecule has 0 atom stereocenters. The van der Waals surface area contributed by atoms with E-state index in [4.69, 9.17) is 5.26 Å². The van der Waals surface area contributed by atoms with E-state index in [-0.39, 0.29) is 17.1 Å². The fourth-order valence-corrected chi connectivity index (χ4v) is 1.86. The number of hydrogen-bond acceptors (Lipinski definition) is 4. The highest BCUT2D eigenvalue weighted by atomic mass is 19.1. The smallest absolute Gasteiger partial charge is 0.175 e. The molecule has 0 unspecified atom stereocenters. The standard InChI is InChI=1S/C13H7FN4O/c14-9-2-1-3-10(19)12(9)13-17-16-11-5-4-8(6-15)7-18(11)13/h1-5,7,19H. The third-order valence-electron chi connectivity index (χ3n) is 2.75. The summed E-state index contributed by atoms with van der Waals surface area (Å²) in [6.07, 6.45) is 1.50. The van der Waals surface area contributed by atoms with Gasteiger partial charge in [0.2, 0.25) is 0 Å². The number of halogens is 1. The lowest BCUT2D eigenvalue weighted by Gasteiger charge is -2.04. The topological polar surface area (TPSA) is 74.2 Å². The second-order valence-corrected chi connectivity index (χ2v) is 3.92. The number of aromatic nitrogens is 3. The van der Waals surface area contributed by atoms with Crippen molar-refractivity contribution < 1.29 is 9.50 Å². The van der Waals surface area contributed by atoms with Gasteiger partial charge in [0.25, 0.3) is 0 Å². The molecular weight excluding hydrogens is 247 g/mol. The van der Waals surface area contributed by atoms with E-state index in [1.165, 1.54) is 28.8 Å². The summed E-state index contributed by atoms with van der Waals surface area (Å²) < 4.78 is 15.3. The van der Waals surface area contributed by atoms with Gasteiger partial charge in [0.15, 0.2) is 11.5 Å². The van der Waals surface area contributed by atoms with E-state index in [1.807, 2.05) is 6.07 Å². The van der Waals surface area contributed by atoms with Crippen LogP contribution in [0, 0.1) is 17.1 Å². The van der Waals surface area contributed by atoms with E-state index in [0.717, 1.165) is 0 Å². The molecule has 3 rings (SSSR count). The lowest BCUT2D eigenvalue weighted by atomic mass is 10.1. The number of rotatable bonds is 1. The average Bonchev–Trinajstić information content (AvgIpc) is 2.81. The van der Waals surface area contributed by atoms with Crippen molar-refractivity contribution in [1.82, 2.24) is 14.6 Å². The molecule has 19 heavy (non-hydrogen) atoms. The van der Waals surface area contributed by atoms with Gasteiger partial charge in [-0.2, -0.15) is 5.26 Å². The van der Waals surface area contributed by atoms with Gasteiger partial charge in [0.05, 0.1) is 11.1 Å². The highest BCUT2D eigenvalue weighted by molar-refractivity contribution is 5.67. The molecule has 1 N–H and O–H groups in total. The third-order valence-corrected chi connectivity index (χ3v) is 2.75. The first-order valence-corrected chi connectivity index (χ1v) is 5.43. The molecule has 2 heterocycles. The Bertz CT molecular complexity index is 799. The number of fused-ring (bicyclic) bond motifs is 1. The molecular formula is C13H7FN4O. The van der Waals surface area contributed by atoms with Crippen molar-refractivity contribution in [3.8, 4) is 23.2 Å². The van der Waals surface area contributed by atoms with Crippen LogP contribution in [0.25, 0.3) is 17.0 Å². The minimum atomic E-state index is -0.600. The first kappa shape index (κ1) is 11.2. The van der Waals surface area contributed by atoms with Crippen LogP contribution in [0.3, 0.4) is 0 Å². The maximum absolute atomic E-state index is 13.8. The van der Waals surface area contributed by atoms with Crippen LogP contribution in [-0.2, 0) is 0 Å². The zero-order valence-electron chi connectivity index (χ0n) is 9.58. The number of benzene rings is 1. The monoisotopic (exact) mass is 254 g/mol. The van der Waals surface area contributed by atoms with E-state index >= 15 is 0 Å². The summed E-state index contributed by atoms with van der Waals surface area (Å²) in [6, 6.07) is 9.18. The van der Waals surface area contributed by atoms with E-state index in [9.17, 15) is 9.50 Å². The summed E-state index contributed by atoms with van der Waals surface area (Å²) in [5.74, 6) is -0.670. The zero-order chi connectivity index (χ0) is 13.4. The summed E-state index contributed by atoms with van der Waals surface area (Å²) in [6.45, 7) is 0. The molecule has 3 aromatic rings. The van der Waals surface area contributed by atoms with Crippen LogP contribution in [0.5, 0.6) is 5.75 Å². The number of nitrogens with zero attached hydrogens (tertiary/aromatic N) is 4. The first-order chi connectivity index (χ1) is 9.20. The number of pyridine rings is 1. The molecule has 6 heteroatoms. The van der Waals surface area contributed by atoms with Gasteiger partial charge in [-0.15, -0.1) is 10.2 Å². The molecule has 0 spiro atoms. The Morgan fingerprint density at radius 3 is 2.79 bits per heavy atom. The van der Waals surface area contributed by atoms with Crippen molar-refractivity contribution in [2.24, 2.45) is 0 Å². The summed E-state index contributed by atoms with van der Waals surface area (Å²) in [4.78, 5) is 0. The van der Waals surface area contributed by atoms with Crippen LogP contribution in [0.2, 0.25) is 0 Å². The predicted molar refractivity (Wildman–Crippen MR) is 64.8 cm³/mol. The minimum Gasteiger partial charge on any atom is -0.507 e. The quantitative estimate of drug-likeness (QED) is 0.721. The molecule has 2 aromatic heterocycles. The van der Waals surface area contributed by atoms with Crippen LogP contribution in [-0.4, -0.2) is 19.7 Å². The van der Waals surface area contributed by atoms with Crippen LogP contribution in [0.1, 0.15) is 5.56 Å². The Balaban J connectivity index is 2.34. The summed E-state index contributed by atoms with van der Waals surface area (Å²) in [7, 11) is 0. The Kier molecular flexibility index (Phi) is 2.39. The summed E-state index contributed by atoms with van der Waals surface area (Å²) in [5.41, 5.74) is 0.825. The lowest BCUT2D eigenvalue weighted by molar-refractivity contribution is 0.471. The van der Waals surface area contributed by atoms with Crippen molar-refractivity contribution in [3.05, 3.63) is 47.9 Å². The maximum Gasteiger partial charge on any atom is 0.175 e. The van der Waals surface area contributed by atoms with Gasteiger partial charge in [0, 0.05) is 6.20 Å². The van der Waals surface area contributed by atoms with Gasteiger partial charge in [-0.1, -0.05) is 6.07 Å². The van der Waals surface area contributed by atoms with Crippen molar-refractivity contribution in [2.45, 2.75) is 0 Å². The Hall–Kier alpha value is -2.94. The van der Waals surface area contributed by atoms with Gasteiger partial charge in [-0.25, -0.2) is 4.39 Å². The molecule has 0 saturated heterocycles. The number of nitriles is 1. The van der Waals surface area contributed by atoms with Gasteiger partial charge >= 0.3 is 0 Å². The largest absolute Gasteiger partial charge is 0.507 e. The Labute approximate surface area is 107 Å². The Morgan fingerprint density at radius 1 is 1.21 bits per heavy atom. The highest BCUT2D eigenvalue weighted by Gasteiger charge is 2.16. The molecule has 1 aromatic carbocycles. The second kappa shape index (κ2) is 4.07. The van der Waals surface area contributed by atoms with Crippen LogP contribution in [0.4, 0.5) is 4.39 Å². The molecule has 0 aliphatic heterocycles. The summed E-state index contributed by atoms with van der Waals surface area (Å²) in [5, 5.41) is 26.4. The van der Waals surface area contributed by atoms with Crippen molar-refractivity contribution in [3.63, 3.8) is 0 Å². The predicted octanol–water partition coefficient (Wildman–Crippen LogP) is 2.11. The van der Waals surface area contributed by atoms with E-state index in [1.54, 1.807) is 12.1 Å². The van der Waals surface area contributed by atoms with Crippen molar-refractivity contribution in [2.75, 3.05) is 0 Å². The van der Waals surface area contributed by atoms with Gasteiger partial charge in [-0.3, -0.25) is 4.40 Å². The molecule has 92 valence electrons. The van der Waals surface area contributed by atoms with E-state index in [2.05, 4.69) is 10.2 Å². The molecule has 0 aliphatic rings. The minimum absolute atomic E-state index is 0.0370. The van der Waals surface area contributed by atoms with Crippen molar-refractivity contribution in [1.29, 1.82) is 5.26 Å². The summed E-state index contributed by atoms with van der Waals surface area (Å²) >= 11 is 0. The van der Waals surface area contributed by atoms with Crippen LogP contribution in [0.15, 0.2) is 36.5 Å². The third kappa shape index (κ3) is 1.68. The molecule has 0 saturated carbocycles. The van der Waals surface area contributed by atoms with Crippen molar-refractivity contribution >= 4 is 5.65 Å². The molecule has 0 amide bonds. The van der Waals surface area contributed by atoms with Crippen LogP contribution < -0.4 is 0 Å². The molecule has 0 aliphatic carbocycles. The number of phenolic OH excluding ortho intramolecular Hbond substituents is 1. The highest BCUT2D eigenvalue weighted by Crippen LogP contribution is 2.30. The SMILES string of the molecule is N#Cc1ccc2nnc(-c3c(O)cccc3F)n2c1. The van der Waals surface area contributed by atoms with Crippen LogP contribution >= 0.6 is 0 Å². The number of hydrogen-bond donors (Lipinski definition) is 1. The molecule has 0 fully saturated rings. The normalized spacial score (nSPS) is 10.5. The Morgan fingerprint density at radius 2 is 2.05 bits per heavy atom. The fourth-order valence-electron chi connectivity index (χ4n) is 1.86. The fraction of sp³-hybridized carbons (Fsp3) is 0. The average molecular weight is 254 g/mol. The number of phenols is 1. The number of aromatic hydroxyl groups is 1. The molecule has 0 radical (unpaired) electrons. The maximum atomic E-state index is 13.8. The first-order valence-electron chi connectivity index (χ1n) is 5.43. The molecule has 5 nitrogen and oxygen atoms in total. The molecule has 0 bridgehead atoms. The van der Waals surface area contributed by atoms with Gasteiger partial charge in [0.1, 0.15) is 17.6 Å². The van der Waals surface area contributed by atoms with E-state index in [0.29, 0.717) is 11.2 Å². The lowest BCUT2D eigenvalue weighted by Crippen LogP contribution is -1.93. The second-order valence-electron chi connectivity index (χ2n) is 3.92. The zero-order valence-corrected chi connectivity index (χ0v) is 9.58. The van der Waals surface area contributed by atoms with E-state index < -0.39 is 5.82 Å². The van der Waals surface area contributed by atoms with Gasteiger partial charge in [-0.05, 0) is 24.3 Å².